The monoisotopic (exact) mass is 836 g/mol. The number of aliphatic hydroxyl groups excluding tert-OH is 7. The van der Waals surface area contributed by atoms with Crippen molar-refractivity contribution in [3.05, 3.63) is 0 Å². The molecule has 5 fully saturated rings. The molecule has 0 aliphatic heterocycles. The highest BCUT2D eigenvalue weighted by molar-refractivity contribution is 5.78. The van der Waals surface area contributed by atoms with E-state index in [1.165, 1.54) is 48.5 Å². The number of aliphatic hydroxyl groups is 7. The van der Waals surface area contributed by atoms with E-state index in [9.17, 15) is 69.3 Å². The summed E-state index contributed by atoms with van der Waals surface area (Å²) in [6, 6.07) is 0. The predicted molar refractivity (Wildman–Crippen MR) is 188 cm³/mol. The zero-order valence-corrected chi connectivity index (χ0v) is 33.5. The summed E-state index contributed by atoms with van der Waals surface area (Å²) >= 11 is 0. The van der Waals surface area contributed by atoms with Crippen LogP contribution in [0.3, 0.4) is 0 Å². The molecule has 0 heterocycles. The minimum absolute atomic E-state index is 0.0567. The second-order valence-electron chi connectivity index (χ2n) is 16.1. The molecule has 58 heavy (non-hydrogen) atoms. The highest BCUT2D eigenvalue weighted by atomic mass is 16.6. The van der Waals surface area contributed by atoms with Crippen LogP contribution in [0.4, 0.5) is 0 Å². The standard InChI is InChI=1S/C22H32O12.C15H24O9/c1-11(23)15(27)31-19-5-20(32-16(28)12(2)24)8-21(6-19,33-17(29)13(3)25)10-22(7-19,9-20)34-18(30)14(4)26;1-7(16)13(19)22-10-4-11(23-14(20)8(2)17)6-12(5-10)24-15(21)9(3)18/h11-14,23-26H,5-10H2,1-4H3;7-12,16-18H,4-6H2,1-3H3. The number of carbonyl (C=O) groups excluding carboxylic acids is 7. The van der Waals surface area contributed by atoms with Crippen LogP contribution >= 0.6 is 0 Å². The zero-order valence-electron chi connectivity index (χ0n) is 33.5. The van der Waals surface area contributed by atoms with Gasteiger partial charge in [-0.05, 0) is 48.5 Å². The number of ether oxygens (including phenoxy) is 7. The van der Waals surface area contributed by atoms with E-state index in [-0.39, 0.29) is 57.8 Å². The SMILES string of the molecule is CC(O)C(=O)OC12CC3(OC(=O)C(C)O)CC(OC(=O)C(C)O)(C1)CC(OC(=O)C(C)O)(C2)C3.CC(O)C(=O)OC1CC(OC(=O)C(C)O)CC(OC(=O)C(C)O)C1. The summed E-state index contributed by atoms with van der Waals surface area (Å²) in [5.41, 5.74) is -5.89. The van der Waals surface area contributed by atoms with Crippen LogP contribution in [0, 0.1) is 0 Å². The molecule has 21 heteroatoms. The fourth-order valence-corrected chi connectivity index (χ4v) is 8.15. The van der Waals surface area contributed by atoms with E-state index in [4.69, 9.17) is 33.2 Å². The lowest BCUT2D eigenvalue weighted by Gasteiger charge is -2.66. The summed E-state index contributed by atoms with van der Waals surface area (Å²) in [6.07, 6.45) is -12.0. The molecule has 0 aromatic heterocycles. The third-order valence-corrected chi connectivity index (χ3v) is 9.95. The van der Waals surface area contributed by atoms with Gasteiger partial charge >= 0.3 is 41.8 Å². The minimum atomic E-state index is -1.49. The van der Waals surface area contributed by atoms with Crippen LogP contribution in [0.1, 0.15) is 106 Å². The van der Waals surface area contributed by atoms with Crippen molar-refractivity contribution in [2.24, 2.45) is 0 Å². The van der Waals surface area contributed by atoms with Crippen LogP contribution in [-0.4, -0.2) is 161 Å². The Balaban J connectivity index is 0.000000331. The van der Waals surface area contributed by atoms with Gasteiger partial charge in [0.25, 0.3) is 0 Å². The molecule has 5 aliphatic carbocycles. The minimum Gasteiger partial charge on any atom is -0.460 e. The molecular weight excluding hydrogens is 780 g/mol. The van der Waals surface area contributed by atoms with E-state index in [0.717, 1.165) is 0 Å². The molecular formula is C37H56O21. The Hall–Kier alpha value is -3.99. The van der Waals surface area contributed by atoms with Crippen molar-refractivity contribution in [3.8, 4) is 0 Å². The average molecular weight is 837 g/mol. The van der Waals surface area contributed by atoms with Crippen molar-refractivity contribution < 1.29 is 102 Å². The Morgan fingerprint density at radius 3 is 0.638 bits per heavy atom. The molecule has 7 N–H and O–H groups in total. The van der Waals surface area contributed by atoms with E-state index >= 15 is 0 Å². The van der Waals surface area contributed by atoms with Crippen molar-refractivity contribution in [1.29, 1.82) is 0 Å². The van der Waals surface area contributed by atoms with E-state index in [2.05, 4.69) is 0 Å². The average Bonchev–Trinajstić information content (AvgIpc) is 3.06. The largest absolute Gasteiger partial charge is 0.460 e. The maximum absolute atomic E-state index is 12.4. The number of hydrogen-bond acceptors (Lipinski definition) is 21. The first kappa shape index (κ1) is 48.4. The lowest BCUT2D eigenvalue weighted by molar-refractivity contribution is -0.313. The highest BCUT2D eigenvalue weighted by Gasteiger charge is 2.74. The summed E-state index contributed by atoms with van der Waals surface area (Å²) in [6.45, 7) is 8.58. The van der Waals surface area contributed by atoms with Crippen LogP contribution in [-0.2, 0) is 66.7 Å². The van der Waals surface area contributed by atoms with Gasteiger partial charge in [-0.25, -0.2) is 33.6 Å². The Kier molecular flexibility index (Phi) is 15.8. The van der Waals surface area contributed by atoms with Crippen LogP contribution in [0.25, 0.3) is 0 Å². The smallest absolute Gasteiger partial charge is 0.335 e. The van der Waals surface area contributed by atoms with Gasteiger partial charge in [0, 0.05) is 57.8 Å². The van der Waals surface area contributed by atoms with Crippen molar-refractivity contribution in [2.45, 2.75) is 190 Å². The molecule has 7 atom stereocenters. The predicted octanol–water partition coefficient (Wildman–Crippen LogP) is -1.93. The number of carbonyl (C=O) groups is 7. The Morgan fingerprint density at radius 1 is 0.345 bits per heavy atom. The molecule has 0 spiro atoms. The van der Waals surface area contributed by atoms with Gasteiger partial charge in [-0.2, -0.15) is 0 Å². The Labute approximate surface area is 333 Å². The molecule has 4 bridgehead atoms. The van der Waals surface area contributed by atoms with Crippen LogP contribution in [0.15, 0.2) is 0 Å². The quantitative estimate of drug-likeness (QED) is 0.0740. The maximum atomic E-state index is 12.4. The van der Waals surface area contributed by atoms with E-state index < -0.39 is 125 Å². The fourth-order valence-electron chi connectivity index (χ4n) is 8.15. The van der Waals surface area contributed by atoms with Crippen LogP contribution in [0.2, 0.25) is 0 Å². The zero-order chi connectivity index (χ0) is 44.1. The lowest BCUT2D eigenvalue weighted by atomic mass is 9.48. The summed E-state index contributed by atoms with van der Waals surface area (Å²) in [7, 11) is 0. The van der Waals surface area contributed by atoms with Gasteiger partial charge in [-0.1, -0.05) is 0 Å². The van der Waals surface area contributed by atoms with Gasteiger partial charge in [-0.3, -0.25) is 0 Å². The molecule has 0 radical (unpaired) electrons. The van der Waals surface area contributed by atoms with Gasteiger partial charge in [0.05, 0.1) is 0 Å². The summed E-state index contributed by atoms with van der Waals surface area (Å²) in [4.78, 5) is 84.2. The normalized spacial score (nSPS) is 33.2. The van der Waals surface area contributed by atoms with E-state index in [0.29, 0.717) is 0 Å². The van der Waals surface area contributed by atoms with E-state index in [1.54, 1.807) is 0 Å². The third-order valence-electron chi connectivity index (χ3n) is 9.95. The second-order valence-corrected chi connectivity index (χ2v) is 16.1. The molecule has 7 unspecified atom stereocenters. The summed E-state index contributed by atoms with van der Waals surface area (Å²) in [5, 5.41) is 66.6. The molecule has 21 nitrogen and oxygen atoms in total. The molecule has 0 saturated heterocycles. The molecule has 5 saturated carbocycles. The first-order valence-electron chi connectivity index (χ1n) is 18.9. The first-order valence-corrected chi connectivity index (χ1v) is 18.9. The molecule has 0 amide bonds. The maximum Gasteiger partial charge on any atom is 0.335 e. The topological polar surface area (TPSA) is 326 Å². The molecule has 5 rings (SSSR count). The van der Waals surface area contributed by atoms with Crippen molar-refractivity contribution in [2.75, 3.05) is 0 Å². The van der Waals surface area contributed by atoms with Gasteiger partial charge < -0.3 is 68.9 Å². The second kappa shape index (κ2) is 18.9. The number of esters is 7. The number of hydrogen-bond donors (Lipinski definition) is 7. The van der Waals surface area contributed by atoms with Crippen molar-refractivity contribution in [3.63, 3.8) is 0 Å². The molecule has 0 aromatic carbocycles. The lowest BCUT2D eigenvalue weighted by Crippen LogP contribution is -2.75. The Morgan fingerprint density at radius 2 is 0.500 bits per heavy atom. The summed E-state index contributed by atoms with van der Waals surface area (Å²) in [5.74, 6) is -6.45. The van der Waals surface area contributed by atoms with E-state index in [1.807, 2.05) is 0 Å². The summed E-state index contributed by atoms with van der Waals surface area (Å²) < 4.78 is 38.0. The molecule has 330 valence electrons. The van der Waals surface area contributed by atoms with Gasteiger partial charge in [0.2, 0.25) is 0 Å². The highest BCUT2D eigenvalue weighted by Crippen LogP contribution is 2.65. The molecule has 5 aliphatic rings. The fraction of sp³-hybridized carbons (Fsp3) is 0.811. The van der Waals surface area contributed by atoms with Gasteiger partial charge in [-0.15, -0.1) is 0 Å². The number of rotatable bonds is 14. The van der Waals surface area contributed by atoms with Crippen molar-refractivity contribution in [1.82, 2.24) is 0 Å². The third kappa shape index (κ3) is 12.5. The first-order chi connectivity index (χ1) is 26.6. The van der Waals surface area contributed by atoms with Crippen LogP contribution in [0.5, 0.6) is 0 Å². The van der Waals surface area contributed by atoms with Crippen LogP contribution < -0.4 is 0 Å². The van der Waals surface area contributed by atoms with Gasteiger partial charge in [0.1, 0.15) is 83.4 Å². The van der Waals surface area contributed by atoms with Gasteiger partial charge in [0.15, 0.2) is 0 Å². The molecule has 0 aromatic rings. The Bertz CT molecular complexity index is 1280. The van der Waals surface area contributed by atoms with Crippen molar-refractivity contribution >= 4 is 41.8 Å².